The molecule has 0 aliphatic rings. The van der Waals surface area contributed by atoms with E-state index in [9.17, 15) is 18.3 Å². The summed E-state index contributed by atoms with van der Waals surface area (Å²) in [6.07, 6.45) is 0.592. The van der Waals surface area contributed by atoms with Crippen molar-refractivity contribution in [3.05, 3.63) is 101 Å². The number of anilines is 1. The second kappa shape index (κ2) is 11.4. The van der Waals surface area contributed by atoms with Crippen LogP contribution in [0.25, 0.3) is 11.3 Å². The van der Waals surface area contributed by atoms with E-state index in [4.69, 9.17) is 10.5 Å². The maximum absolute atomic E-state index is 13.1. The van der Waals surface area contributed by atoms with Gasteiger partial charge in [-0.05, 0) is 55.2 Å². The van der Waals surface area contributed by atoms with Crippen LogP contribution in [0.5, 0.6) is 5.88 Å². The fraction of sp³-hybridized carbons (Fsp3) is 0.179. The number of ether oxygens (including phenoxy) is 1. The number of nitrogens with two attached hydrogens (primary N) is 1. The molecule has 9 nitrogen and oxygen atoms in total. The smallest absolute Gasteiger partial charge is 0.335 e. The number of hydrogen-bond donors (Lipinski definition) is 3. The number of nitrogens with zero attached hydrogens (tertiary/aromatic N) is 2. The van der Waals surface area contributed by atoms with Crippen molar-refractivity contribution in [3.8, 4) is 17.1 Å². The number of aromatic carboxylic acids is 1. The van der Waals surface area contributed by atoms with E-state index in [1.165, 1.54) is 18.2 Å². The van der Waals surface area contributed by atoms with Crippen LogP contribution in [0.4, 0.5) is 5.95 Å². The van der Waals surface area contributed by atoms with Gasteiger partial charge in [0.2, 0.25) is 11.8 Å². The van der Waals surface area contributed by atoms with Gasteiger partial charge < -0.3 is 15.6 Å². The van der Waals surface area contributed by atoms with Crippen LogP contribution in [-0.2, 0) is 16.4 Å². The van der Waals surface area contributed by atoms with Crippen molar-refractivity contribution in [2.75, 3.05) is 11.3 Å². The molecule has 38 heavy (non-hydrogen) atoms. The van der Waals surface area contributed by atoms with Gasteiger partial charge in [0, 0.05) is 17.7 Å². The highest BCUT2D eigenvalue weighted by Crippen LogP contribution is 2.29. The van der Waals surface area contributed by atoms with Crippen molar-refractivity contribution in [1.82, 2.24) is 9.97 Å². The van der Waals surface area contributed by atoms with Crippen LogP contribution in [0.1, 0.15) is 27.0 Å². The SMILES string of the molecule is Cc1cccc(C)c1-c1cc(OC[C@H](N)Cc2ccccc2)nc(NS(=O)(=O)c2cccc(C(=O)O)c2)n1. The van der Waals surface area contributed by atoms with Crippen LogP contribution in [0.2, 0.25) is 0 Å². The fourth-order valence-electron chi connectivity index (χ4n) is 4.03. The summed E-state index contributed by atoms with van der Waals surface area (Å²) in [5.41, 5.74) is 10.4. The van der Waals surface area contributed by atoms with Crippen molar-refractivity contribution in [3.63, 3.8) is 0 Å². The van der Waals surface area contributed by atoms with Gasteiger partial charge in [-0.1, -0.05) is 54.6 Å². The van der Waals surface area contributed by atoms with E-state index in [0.717, 1.165) is 28.3 Å². The molecule has 4 rings (SSSR count). The maximum Gasteiger partial charge on any atom is 0.335 e. The molecule has 0 unspecified atom stereocenters. The highest BCUT2D eigenvalue weighted by molar-refractivity contribution is 7.92. The summed E-state index contributed by atoms with van der Waals surface area (Å²) < 4.78 is 34.5. The molecule has 1 heterocycles. The molecule has 0 amide bonds. The number of aryl methyl sites for hydroxylation is 2. The summed E-state index contributed by atoms with van der Waals surface area (Å²) in [6.45, 7) is 4.01. The fourth-order valence-corrected chi connectivity index (χ4v) is 5.02. The molecular formula is C28H28N4O5S. The molecule has 10 heteroatoms. The Hall–Kier alpha value is -4.28. The second-order valence-electron chi connectivity index (χ2n) is 8.88. The minimum absolute atomic E-state index is 0.144. The van der Waals surface area contributed by atoms with Crippen LogP contribution in [0, 0.1) is 13.8 Å². The van der Waals surface area contributed by atoms with Gasteiger partial charge in [0.05, 0.1) is 16.2 Å². The predicted molar refractivity (Wildman–Crippen MR) is 145 cm³/mol. The minimum atomic E-state index is -4.20. The first-order valence-corrected chi connectivity index (χ1v) is 13.3. The summed E-state index contributed by atoms with van der Waals surface area (Å²) in [5.74, 6) is -1.30. The summed E-state index contributed by atoms with van der Waals surface area (Å²) >= 11 is 0. The van der Waals surface area contributed by atoms with E-state index in [0.29, 0.717) is 12.1 Å². The van der Waals surface area contributed by atoms with Gasteiger partial charge in [0.15, 0.2) is 0 Å². The molecule has 0 saturated heterocycles. The Labute approximate surface area is 221 Å². The molecule has 4 aromatic rings. The van der Waals surface area contributed by atoms with Crippen molar-refractivity contribution in [2.24, 2.45) is 5.73 Å². The molecule has 0 radical (unpaired) electrons. The quantitative estimate of drug-likeness (QED) is 0.275. The Balaban J connectivity index is 1.66. The van der Waals surface area contributed by atoms with E-state index < -0.39 is 16.0 Å². The van der Waals surface area contributed by atoms with Crippen LogP contribution in [0.3, 0.4) is 0 Å². The Morgan fingerprint density at radius 3 is 2.34 bits per heavy atom. The average Bonchev–Trinajstić information content (AvgIpc) is 2.88. The highest BCUT2D eigenvalue weighted by Gasteiger charge is 2.20. The van der Waals surface area contributed by atoms with E-state index in [-0.39, 0.29) is 34.9 Å². The van der Waals surface area contributed by atoms with E-state index in [1.807, 2.05) is 62.4 Å². The van der Waals surface area contributed by atoms with E-state index in [1.54, 1.807) is 6.07 Å². The first-order chi connectivity index (χ1) is 18.1. The van der Waals surface area contributed by atoms with Crippen LogP contribution in [0.15, 0.2) is 83.8 Å². The number of hydrogen-bond acceptors (Lipinski definition) is 7. The number of nitrogens with one attached hydrogen (secondary N) is 1. The molecule has 4 N–H and O–H groups in total. The summed E-state index contributed by atoms with van der Waals surface area (Å²) in [6, 6.07) is 21.9. The van der Waals surface area contributed by atoms with Crippen LogP contribution < -0.4 is 15.2 Å². The predicted octanol–water partition coefficient (Wildman–Crippen LogP) is 4.21. The largest absolute Gasteiger partial charge is 0.478 e. The van der Waals surface area contributed by atoms with Gasteiger partial charge in [-0.15, -0.1) is 0 Å². The van der Waals surface area contributed by atoms with Gasteiger partial charge in [-0.2, -0.15) is 4.98 Å². The molecule has 0 spiro atoms. The third-order valence-electron chi connectivity index (χ3n) is 5.84. The zero-order valence-corrected chi connectivity index (χ0v) is 21.8. The topological polar surface area (TPSA) is 144 Å². The molecule has 0 saturated carbocycles. The first-order valence-electron chi connectivity index (χ1n) is 11.9. The lowest BCUT2D eigenvalue weighted by molar-refractivity contribution is 0.0696. The average molecular weight is 533 g/mol. The number of carbonyl (C=O) groups is 1. The lowest BCUT2D eigenvalue weighted by Gasteiger charge is -2.16. The molecule has 0 fully saturated rings. The van der Waals surface area contributed by atoms with Crippen LogP contribution >= 0.6 is 0 Å². The first kappa shape index (κ1) is 26.8. The zero-order chi connectivity index (χ0) is 27.3. The minimum Gasteiger partial charge on any atom is -0.478 e. The maximum atomic E-state index is 13.1. The highest BCUT2D eigenvalue weighted by atomic mass is 32.2. The monoisotopic (exact) mass is 532 g/mol. The third kappa shape index (κ3) is 6.53. The zero-order valence-electron chi connectivity index (χ0n) is 21.0. The van der Waals surface area contributed by atoms with Crippen LogP contribution in [-0.4, -0.2) is 42.1 Å². The Kier molecular flexibility index (Phi) is 8.04. The number of aromatic nitrogens is 2. The third-order valence-corrected chi connectivity index (χ3v) is 7.17. The van der Waals surface area contributed by atoms with Gasteiger partial charge in [-0.3, -0.25) is 0 Å². The van der Waals surface area contributed by atoms with Gasteiger partial charge >= 0.3 is 5.97 Å². The molecule has 0 aliphatic heterocycles. The lowest BCUT2D eigenvalue weighted by Crippen LogP contribution is -2.30. The molecule has 0 aliphatic carbocycles. The molecule has 1 aromatic heterocycles. The van der Waals surface area contributed by atoms with E-state index >= 15 is 0 Å². The number of carboxylic acids is 1. The van der Waals surface area contributed by atoms with Crippen molar-refractivity contribution < 1.29 is 23.1 Å². The molecule has 0 bridgehead atoms. The molecule has 3 aromatic carbocycles. The molecule has 1 atom stereocenters. The summed E-state index contributed by atoms with van der Waals surface area (Å²) in [4.78, 5) is 19.8. The summed E-state index contributed by atoms with van der Waals surface area (Å²) in [7, 11) is -4.20. The molecule has 196 valence electrons. The Bertz CT molecular complexity index is 1540. The van der Waals surface area contributed by atoms with Gasteiger partial charge in [-0.25, -0.2) is 22.9 Å². The van der Waals surface area contributed by atoms with Gasteiger partial charge in [0.25, 0.3) is 10.0 Å². The van der Waals surface area contributed by atoms with Crippen molar-refractivity contribution >= 4 is 21.9 Å². The number of carboxylic acid groups (broad SMARTS) is 1. The number of sulfonamides is 1. The normalized spacial score (nSPS) is 12.1. The lowest BCUT2D eigenvalue weighted by atomic mass is 10.00. The number of rotatable bonds is 10. The molecular weight excluding hydrogens is 504 g/mol. The second-order valence-corrected chi connectivity index (χ2v) is 10.6. The Morgan fingerprint density at radius 1 is 0.974 bits per heavy atom. The standard InChI is InChI=1S/C28H28N4O5S/c1-18-8-6-9-19(2)26(18)24-16-25(37-17-22(29)14-20-10-4-3-5-11-20)31-28(30-24)32-38(35,36)23-13-7-12-21(15-23)27(33)34/h3-13,15-16,22H,14,17,29H2,1-2H3,(H,33,34)(H,30,31,32)/t22-/m1/s1. The Morgan fingerprint density at radius 2 is 1.66 bits per heavy atom. The van der Waals surface area contributed by atoms with Crippen molar-refractivity contribution in [2.45, 2.75) is 31.2 Å². The van der Waals surface area contributed by atoms with Crippen molar-refractivity contribution in [1.29, 1.82) is 0 Å². The number of benzene rings is 3. The van der Waals surface area contributed by atoms with Gasteiger partial charge in [0.1, 0.15) is 6.61 Å². The summed E-state index contributed by atoms with van der Waals surface area (Å²) in [5, 5.41) is 9.25. The van der Waals surface area contributed by atoms with E-state index in [2.05, 4.69) is 14.7 Å².